The SMILES string of the molecule is C=C(C)CC(OC(=O)c1ccccc1P(c1ccccc1)c1ccccc1)c1ccccc1OC. The minimum Gasteiger partial charge on any atom is -0.496 e. The van der Waals surface area contributed by atoms with Crippen molar-refractivity contribution >= 4 is 29.8 Å². The van der Waals surface area contributed by atoms with Crippen LogP contribution in [-0.4, -0.2) is 13.1 Å². The number of esters is 1. The summed E-state index contributed by atoms with van der Waals surface area (Å²) in [6, 6.07) is 36.1. The van der Waals surface area contributed by atoms with E-state index in [1.165, 1.54) is 10.6 Å². The number of hydrogen-bond donors (Lipinski definition) is 0. The van der Waals surface area contributed by atoms with E-state index in [1.807, 2.05) is 91.9 Å². The fourth-order valence-electron chi connectivity index (χ4n) is 4.08. The van der Waals surface area contributed by atoms with Gasteiger partial charge in [-0.05, 0) is 42.9 Å². The highest BCUT2D eigenvalue weighted by atomic mass is 31.1. The monoisotopic (exact) mass is 480 g/mol. The van der Waals surface area contributed by atoms with E-state index in [0.717, 1.165) is 16.4 Å². The zero-order chi connectivity index (χ0) is 24.6. The van der Waals surface area contributed by atoms with E-state index < -0.39 is 14.0 Å². The van der Waals surface area contributed by atoms with Crippen LogP contribution in [-0.2, 0) is 4.74 Å². The molecule has 0 N–H and O–H groups in total. The molecular formula is C31H29O3P. The second kappa shape index (κ2) is 11.6. The molecule has 0 heterocycles. The van der Waals surface area contributed by atoms with Gasteiger partial charge in [-0.15, -0.1) is 0 Å². The molecule has 0 bridgehead atoms. The molecule has 4 rings (SSSR count). The molecule has 35 heavy (non-hydrogen) atoms. The third-order valence-corrected chi connectivity index (χ3v) is 8.16. The van der Waals surface area contributed by atoms with Crippen molar-refractivity contribution in [2.24, 2.45) is 0 Å². The normalized spacial score (nSPS) is 11.6. The van der Waals surface area contributed by atoms with E-state index in [1.54, 1.807) is 7.11 Å². The fourth-order valence-corrected chi connectivity index (χ4v) is 6.52. The molecule has 4 aromatic carbocycles. The van der Waals surface area contributed by atoms with Crippen LogP contribution >= 0.6 is 7.92 Å². The molecule has 0 saturated heterocycles. The van der Waals surface area contributed by atoms with E-state index in [2.05, 4.69) is 30.8 Å². The second-order valence-corrected chi connectivity index (χ2v) is 10.5. The predicted molar refractivity (Wildman–Crippen MR) is 146 cm³/mol. The Balaban J connectivity index is 1.75. The molecule has 0 amide bonds. The Morgan fingerprint density at radius 3 is 1.94 bits per heavy atom. The first-order chi connectivity index (χ1) is 17.1. The largest absolute Gasteiger partial charge is 0.496 e. The lowest BCUT2D eigenvalue weighted by atomic mass is 10.0. The van der Waals surface area contributed by atoms with Crippen molar-refractivity contribution in [1.82, 2.24) is 0 Å². The van der Waals surface area contributed by atoms with Crippen molar-refractivity contribution in [3.05, 3.63) is 132 Å². The highest BCUT2D eigenvalue weighted by molar-refractivity contribution is 7.80. The fraction of sp³-hybridized carbons (Fsp3) is 0.129. The molecule has 0 fully saturated rings. The summed E-state index contributed by atoms with van der Waals surface area (Å²) in [6.45, 7) is 5.99. The summed E-state index contributed by atoms with van der Waals surface area (Å²) in [7, 11) is 0.678. The Morgan fingerprint density at radius 2 is 1.34 bits per heavy atom. The molecule has 4 heteroatoms. The molecule has 0 aliphatic carbocycles. The molecule has 4 aromatic rings. The van der Waals surface area contributed by atoms with Gasteiger partial charge < -0.3 is 9.47 Å². The van der Waals surface area contributed by atoms with Gasteiger partial charge in [-0.25, -0.2) is 4.79 Å². The molecule has 0 radical (unpaired) electrons. The first kappa shape index (κ1) is 24.4. The summed E-state index contributed by atoms with van der Waals surface area (Å²) in [5.41, 5.74) is 2.34. The summed E-state index contributed by atoms with van der Waals surface area (Å²) in [4.78, 5) is 13.7. The van der Waals surface area contributed by atoms with Gasteiger partial charge in [0.25, 0.3) is 0 Å². The predicted octanol–water partition coefficient (Wildman–Crippen LogP) is 6.32. The maximum Gasteiger partial charge on any atom is 0.339 e. The molecule has 0 saturated carbocycles. The maximum atomic E-state index is 13.7. The smallest absolute Gasteiger partial charge is 0.339 e. The van der Waals surface area contributed by atoms with Crippen LogP contribution in [0.1, 0.15) is 35.4 Å². The van der Waals surface area contributed by atoms with Gasteiger partial charge in [-0.2, -0.15) is 0 Å². The number of carbonyl (C=O) groups is 1. The highest BCUT2D eigenvalue weighted by Crippen LogP contribution is 2.36. The average molecular weight is 481 g/mol. The number of carbonyl (C=O) groups excluding carboxylic acids is 1. The highest BCUT2D eigenvalue weighted by Gasteiger charge is 2.26. The molecule has 3 nitrogen and oxygen atoms in total. The lowest BCUT2D eigenvalue weighted by molar-refractivity contribution is 0.0295. The van der Waals surface area contributed by atoms with Crippen molar-refractivity contribution in [3.8, 4) is 5.75 Å². The molecule has 1 atom stereocenters. The zero-order valence-electron chi connectivity index (χ0n) is 20.1. The summed E-state index contributed by atoms with van der Waals surface area (Å²) < 4.78 is 11.7. The molecule has 176 valence electrons. The zero-order valence-corrected chi connectivity index (χ0v) is 21.0. The lowest BCUT2D eigenvalue weighted by Gasteiger charge is -2.24. The summed E-state index contributed by atoms with van der Waals surface area (Å²) in [5, 5.41) is 3.33. The molecule has 0 spiro atoms. The third kappa shape index (κ3) is 5.88. The van der Waals surface area contributed by atoms with Crippen LogP contribution in [0.2, 0.25) is 0 Å². The van der Waals surface area contributed by atoms with Crippen LogP contribution in [0.15, 0.2) is 121 Å². The van der Waals surface area contributed by atoms with E-state index >= 15 is 0 Å². The molecule has 0 aliphatic heterocycles. The van der Waals surface area contributed by atoms with E-state index in [-0.39, 0.29) is 5.97 Å². The van der Waals surface area contributed by atoms with Crippen LogP contribution in [0, 0.1) is 0 Å². The van der Waals surface area contributed by atoms with Crippen molar-refractivity contribution in [2.45, 2.75) is 19.4 Å². The topological polar surface area (TPSA) is 35.5 Å². The summed E-state index contributed by atoms with van der Waals surface area (Å²) >= 11 is 0. The Morgan fingerprint density at radius 1 is 0.800 bits per heavy atom. The van der Waals surface area contributed by atoms with Crippen molar-refractivity contribution in [2.75, 3.05) is 7.11 Å². The Kier molecular flexibility index (Phi) is 8.13. The minimum atomic E-state index is -0.948. The van der Waals surface area contributed by atoms with Crippen molar-refractivity contribution in [3.63, 3.8) is 0 Å². The third-order valence-electron chi connectivity index (χ3n) is 5.66. The van der Waals surface area contributed by atoms with Crippen LogP contribution in [0.3, 0.4) is 0 Å². The van der Waals surface area contributed by atoms with E-state index in [4.69, 9.17) is 9.47 Å². The van der Waals surface area contributed by atoms with Crippen LogP contribution in [0.25, 0.3) is 0 Å². The number of para-hydroxylation sites is 1. The second-order valence-electron chi connectivity index (χ2n) is 8.32. The quantitative estimate of drug-likeness (QED) is 0.160. The molecular weight excluding hydrogens is 451 g/mol. The maximum absolute atomic E-state index is 13.7. The van der Waals surface area contributed by atoms with Gasteiger partial charge in [0, 0.05) is 12.0 Å². The van der Waals surface area contributed by atoms with Crippen LogP contribution in [0.4, 0.5) is 0 Å². The standard InChI is InChI=1S/C31H29O3P/c1-23(2)22-29(26-18-10-12-20-28(26)33-3)34-31(32)27-19-11-13-21-30(27)35(24-14-6-4-7-15-24)25-16-8-5-9-17-25/h4-21,29H,1,22H2,2-3H3. The molecule has 0 aliphatic rings. The van der Waals surface area contributed by atoms with Gasteiger partial charge in [0.1, 0.15) is 11.9 Å². The Bertz CT molecular complexity index is 1250. The van der Waals surface area contributed by atoms with Gasteiger partial charge in [0.15, 0.2) is 0 Å². The summed E-state index contributed by atoms with van der Waals surface area (Å²) in [5.74, 6) is 0.341. The number of methoxy groups -OCH3 is 1. The number of ether oxygens (including phenoxy) is 2. The van der Waals surface area contributed by atoms with Crippen LogP contribution in [0.5, 0.6) is 5.75 Å². The molecule has 0 aromatic heterocycles. The van der Waals surface area contributed by atoms with E-state index in [0.29, 0.717) is 17.7 Å². The molecule has 1 unspecified atom stereocenters. The lowest BCUT2D eigenvalue weighted by Crippen LogP contribution is -2.26. The van der Waals surface area contributed by atoms with Gasteiger partial charge in [0.2, 0.25) is 0 Å². The first-order valence-corrected chi connectivity index (χ1v) is 12.9. The number of rotatable bonds is 9. The van der Waals surface area contributed by atoms with Crippen LogP contribution < -0.4 is 20.7 Å². The van der Waals surface area contributed by atoms with Crippen molar-refractivity contribution < 1.29 is 14.3 Å². The van der Waals surface area contributed by atoms with Gasteiger partial charge in [-0.1, -0.05) is 109 Å². The summed E-state index contributed by atoms with van der Waals surface area (Å²) in [6.07, 6.45) is 0.0179. The van der Waals surface area contributed by atoms with Gasteiger partial charge in [-0.3, -0.25) is 0 Å². The average Bonchev–Trinajstić information content (AvgIpc) is 2.89. The Hall–Kier alpha value is -3.68. The Labute approximate surface area is 208 Å². The minimum absolute atomic E-state index is 0.350. The number of benzene rings is 4. The van der Waals surface area contributed by atoms with Gasteiger partial charge in [0.05, 0.1) is 12.7 Å². The van der Waals surface area contributed by atoms with E-state index in [9.17, 15) is 4.79 Å². The van der Waals surface area contributed by atoms with Crippen molar-refractivity contribution in [1.29, 1.82) is 0 Å². The van der Waals surface area contributed by atoms with Gasteiger partial charge >= 0.3 is 5.97 Å². The number of hydrogen-bond acceptors (Lipinski definition) is 3. The first-order valence-electron chi connectivity index (χ1n) is 11.6.